The first-order chi connectivity index (χ1) is 11.1. The molecular formula is C20H23NO2. The number of phenolic OH excluding ortho intramolecular Hbond substituents is 2. The number of hydrogen-bond acceptors (Lipinski definition) is 3. The first-order valence-electron chi connectivity index (χ1n) is 8.52. The molecule has 0 aromatic heterocycles. The molecule has 0 spiro atoms. The van der Waals surface area contributed by atoms with E-state index in [1.807, 2.05) is 18.2 Å². The fourth-order valence-electron chi connectivity index (χ4n) is 4.19. The molecule has 2 N–H and O–H groups in total. The van der Waals surface area contributed by atoms with Crippen molar-refractivity contribution in [2.24, 2.45) is 0 Å². The van der Waals surface area contributed by atoms with Crippen LogP contribution in [0.5, 0.6) is 11.5 Å². The molecule has 0 fully saturated rings. The van der Waals surface area contributed by atoms with Gasteiger partial charge in [-0.2, -0.15) is 0 Å². The minimum atomic E-state index is 0.351. The normalized spacial score (nSPS) is 18.5. The lowest BCUT2D eigenvalue weighted by Crippen LogP contribution is -2.33. The quantitative estimate of drug-likeness (QED) is 0.889. The summed E-state index contributed by atoms with van der Waals surface area (Å²) in [5, 5.41) is 19.7. The molecule has 2 aliphatic rings. The third-order valence-corrected chi connectivity index (χ3v) is 5.53. The molecule has 4 rings (SSSR count). The van der Waals surface area contributed by atoms with Crippen molar-refractivity contribution >= 4 is 0 Å². The van der Waals surface area contributed by atoms with Crippen molar-refractivity contribution in [3.63, 3.8) is 0 Å². The number of fused-ring (bicyclic) bond motifs is 2. The molecule has 23 heavy (non-hydrogen) atoms. The number of rotatable bonds is 2. The number of aromatic hydroxyl groups is 2. The maximum atomic E-state index is 10.1. The molecule has 0 saturated carbocycles. The van der Waals surface area contributed by atoms with Crippen LogP contribution in [0.1, 0.15) is 47.2 Å². The van der Waals surface area contributed by atoms with Gasteiger partial charge in [-0.15, -0.1) is 0 Å². The van der Waals surface area contributed by atoms with E-state index in [9.17, 15) is 10.2 Å². The number of hydrogen-bond donors (Lipinski definition) is 2. The largest absolute Gasteiger partial charge is 0.508 e. The van der Waals surface area contributed by atoms with Gasteiger partial charge in [-0.3, -0.25) is 4.90 Å². The van der Waals surface area contributed by atoms with Crippen LogP contribution in [0, 0.1) is 0 Å². The molecule has 1 heterocycles. The number of phenols is 2. The Balaban J connectivity index is 1.62. The van der Waals surface area contributed by atoms with Crippen LogP contribution in [0.3, 0.4) is 0 Å². The summed E-state index contributed by atoms with van der Waals surface area (Å²) < 4.78 is 0. The predicted octanol–water partition coefficient (Wildman–Crippen LogP) is 3.71. The second-order valence-corrected chi connectivity index (χ2v) is 6.83. The van der Waals surface area contributed by atoms with Crippen molar-refractivity contribution in [3.8, 4) is 11.5 Å². The Morgan fingerprint density at radius 2 is 1.78 bits per heavy atom. The highest BCUT2D eigenvalue weighted by Gasteiger charge is 2.26. The van der Waals surface area contributed by atoms with Gasteiger partial charge in [0, 0.05) is 19.1 Å². The van der Waals surface area contributed by atoms with Crippen LogP contribution >= 0.6 is 0 Å². The van der Waals surface area contributed by atoms with Crippen LogP contribution in [-0.2, 0) is 25.8 Å². The Kier molecular flexibility index (Phi) is 3.53. The van der Waals surface area contributed by atoms with Gasteiger partial charge in [-0.25, -0.2) is 0 Å². The summed E-state index contributed by atoms with van der Waals surface area (Å²) in [7, 11) is 0. The molecule has 0 bridgehead atoms. The van der Waals surface area contributed by atoms with Crippen molar-refractivity contribution in [1.29, 1.82) is 0 Å². The molecule has 1 aliphatic heterocycles. The van der Waals surface area contributed by atoms with E-state index < -0.39 is 0 Å². The number of benzene rings is 2. The molecule has 2 aromatic carbocycles. The van der Waals surface area contributed by atoms with Crippen LogP contribution in [0.4, 0.5) is 0 Å². The zero-order valence-corrected chi connectivity index (χ0v) is 13.5. The standard InChI is InChI=1S/C20H23NO2/c1-13(17-7-8-20(23)19-4-2-3-18(17)19)21-10-9-14-11-16(22)6-5-15(14)12-21/h5-8,11,13,22-23H,2-4,9-10,12H2,1H3. The molecular weight excluding hydrogens is 286 g/mol. The molecule has 2 aromatic rings. The van der Waals surface area contributed by atoms with Gasteiger partial charge < -0.3 is 10.2 Å². The summed E-state index contributed by atoms with van der Waals surface area (Å²) in [5.41, 5.74) is 6.49. The first-order valence-corrected chi connectivity index (χ1v) is 8.52. The fraction of sp³-hybridized carbons (Fsp3) is 0.400. The summed E-state index contributed by atoms with van der Waals surface area (Å²) in [4.78, 5) is 2.50. The SMILES string of the molecule is CC(c1ccc(O)c2c1CCC2)N1CCc2cc(O)ccc2C1. The van der Waals surface area contributed by atoms with Crippen molar-refractivity contribution in [2.75, 3.05) is 6.54 Å². The highest BCUT2D eigenvalue weighted by Crippen LogP contribution is 2.38. The highest BCUT2D eigenvalue weighted by atomic mass is 16.3. The summed E-state index contributed by atoms with van der Waals surface area (Å²) in [6.45, 7) is 4.20. The highest BCUT2D eigenvalue weighted by molar-refractivity contribution is 5.48. The van der Waals surface area contributed by atoms with E-state index in [0.29, 0.717) is 17.5 Å². The van der Waals surface area contributed by atoms with Crippen LogP contribution < -0.4 is 0 Å². The molecule has 1 atom stereocenters. The van der Waals surface area contributed by atoms with Gasteiger partial charge in [0.25, 0.3) is 0 Å². The zero-order chi connectivity index (χ0) is 16.0. The van der Waals surface area contributed by atoms with Crippen molar-refractivity contribution in [2.45, 2.75) is 45.2 Å². The van der Waals surface area contributed by atoms with E-state index in [4.69, 9.17) is 0 Å². The van der Waals surface area contributed by atoms with E-state index in [-0.39, 0.29) is 0 Å². The fourth-order valence-corrected chi connectivity index (χ4v) is 4.19. The van der Waals surface area contributed by atoms with Gasteiger partial charge >= 0.3 is 0 Å². The molecule has 3 nitrogen and oxygen atoms in total. The van der Waals surface area contributed by atoms with Crippen molar-refractivity contribution in [1.82, 2.24) is 4.90 Å². The summed E-state index contributed by atoms with van der Waals surface area (Å²) >= 11 is 0. The lowest BCUT2D eigenvalue weighted by molar-refractivity contribution is 0.191. The van der Waals surface area contributed by atoms with Gasteiger partial charge in [0.1, 0.15) is 11.5 Å². The summed E-state index contributed by atoms with van der Waals surface area (Å²) in [6.07, 6.45) is 4.22. The smallest absolute Gasteiger partial charge is 0.119 e. The van der Waals surface area contributed by atoms with Crippen LogP contribution in [0.25, 0.3) is 0 Å². The Morgan fingerprint density at radius 3 is 2.65 bits per heavy atom. The van der Waals surface area contributed by atoms with Crippen LogP contribution in [-0.4, -0.2) is 21.7 Å². The monoisotopic (exact) mass is 309 g/mol. The third kappa shape index (κ3) is 2.49. The second kappa shape index (κ2) is 5.57. The minimum absolute atomic E-state index is 0.351. The Hall–Kier alpha value is -2.00. The van der Waals surface area contributed by atoms with Gasteiger partial charge in [0.15, 0.2) is 0 Å². The number of nitrogens with zero attached hydrogens (tertiary/aromatic N) is 1. The molecule has 120 valence electrons. The van der Waals surface area contributed by atoms with Gasteiger partial charge in [0.2, 0.25) is 0 Å². The molecule has 3 heteroatoms. The van der Waals surface area contributed by atoms with Gasteiger partial charge in [-0.1, -0.05) is 12.1 Å². The Bertz CT molecular complexity index is 754. The molecule has 0 radical (unpaired) electrons. The van der Waals surface area contributed by atoms with E-state index in [2.05, 4.69) is 17.9 Å². The first kappa shape index (κ1) is 14.6. The van der Waals surface area contributed by atoms with E-state index in [1.165, 1.54) is 22.3 Å². The lowest BCUT2D eigenvalue weighted by Gasteiger charge is -2.35. The third-order valence-electron chi connectivity index (χ3n) is 5.53. The van der Waals surface area contributed by atoms with E-state index >= 15 is 0 Å². The lowest BCUT2D eigenvalue weighted by atomic mass is 9.93. The second-order valence-electron chi connectivity index (χ2n) is 6.83. The van der Waals surface area contributed by atoms with E-state index in [1.54, 1.807) is 6.07 Å². The van der Waals surface area contributed by atoms with Gasteiger partial charge in [0.05, 0.1) is 0 Å². The molecule has 0 saturated heterocycles. The average molecular weight is 309 g/mol. The maximum absolute atomic E-state index is 10.1. The topological polar surface area (TPSA) is 43.7 Å². The van der Waals surface area contributed by atoms with Crippen molar-refractivity contribution in [3.05, 3.63) is 58.1 Å². The summed E-state index contributed by atoms with van der Waals surface area (Å²) in [6, 6.07) is 10.1. The van der Waals surface area contributed by atoms with E-state index in [0.717, 1.165) is 44.3 Å². The van der Waals surface area contributed by atoms with Gasteiger partial charge in [-0.05, 0) is 78.6 Å². The Morgan fingerprint density at radius 1 is 0.957 bits per heavy atom. The average Bonchev–Trinajstić information content (AvgIpc) is 3.04. The molecule has 0 amide bonds. The van der Waals surface area contributed by atoms with Crippen molar-refractivity contribution < 1.29 is 10.2 Å². The molecule has 1 unspecified atom stereocenters. The predicted molar refractivity (Wildman–Crippen MR) is 90.8 cm³/mol. The van der Waals surface area contributed by atoms with Crippen LogP contribution in [0.2, 0.25) is 0 Å². The Labute approximate surface area is 137 Å². The maximum Gasteiger partial charge on any atom is 0.119 e. The molecule has 1 aliphatic carbocycles. The van der Waals surface area contributed by atoms with Crippen LogP contribution in [0.15, 0.2) is 30.3 Å². The zero-order valence-electron chi connectivity index (χ0n) is 13.5. The summed E-state index contributed by atoms with van der Waals surface area (Å²) in [5.74, 6) is 0.828. The minimum Gasteiger partial charge on any atom is -0.508 e.